The first-order valence-electron chi connectivity index (χ1n) is 8.07. The first-order valence-corrected chi connectivity index (χ1v) is 8.45. The molecule has 0 aliphatic carbocycles. The van der Waals surface area contributed by atoms with Gasteiger partial charge in [-0.15, -0.1) is 0 Å². The molecule has 0 bridgehead atoms. The fraction of sp³-hybridized carbons (Fsp3) is 0.0476. The van der Waals surface area contributed by atoms with E-state index in [-0.39, 0.29) is 5.97 Å². The highest BCUT2D eigenvalue weighted by Gasteiger charge is 2.16. The Hall–Kier alpha value is -3.11. The number of rotatable bonds is 3. The van der Waals surface area contributed by atoms with Crippen molar-refractivity contribution in [1.29, 1.82) is 0 Å². The van der Waals surface area contributed by atoms with E-state index in [0.717, 1.165) is 33.2 Å². The van der Waals surface area contributed by atoms with E-state index in [0.29, 0.717) is 10.6 Å². The molecule has 0 unspecified atom stereocenters. The van der Waals surface area contributed by atoms with Gasteiger partial charge < -0.3 is 9.72 Å². The van der Waals surface area contributed by atoms with Gasteiger partial charge in [0.1, 0.15) is 0 Å². The first kappa shape index (κ1) is 16.4. The van der Waals surface area contributed by atoms with Gasteiger partial charge in [0.2, 0.25) is 0 Å². The van der Waals surface area contributed by atoms with E-state index in [1.54, 1.807) is 12.3 Å². The molecular formula is C21H15ClN2O2. The molecule has 0 spiro atoms. The fourth-order valence-electron chi connectivity index (χ4n) is 3.08. The number of halogens is 1. The molecule has 0 radical (unpaired) electrons. The second-order valence-electron chi connectivity index (χ2n) is 5.89. The molecule has 0 aliphatic rings. The number of H-pyrrole nitrogens is 1. The summed E-state index contributed by atoms with van der Waals surface area (Å²) < 4.78 is 4.93. The van der Waals surface area contributed by atoms with E-state index >= 15 is 0 Å². The zero-order valence-corrected chi connectivity index (χ0v) is 14.7. The quantitative estimate of drug-likeness (QED) is 0.501. The van der Waals surface area contributed by atoms with Crippen molar-refractivity contribution in [3.05, 3.63) is 77.7 Å². The molecule has 4 aromatic rings. The predicted octanol–water partition coefficient (Wildman–Crippen LogP) is 5.34. The molecule has 4 rings (SSSR count). The smallest absolute Gasteiger partial charge is 0.338 e. The molecule has 2 aromatic heterocycles. The predicted molar refractivity (Wildman–Crippen MR) is 103 cm³/mol. The third kappa shape index (κ3) is 2.85. The molecule has 0 saturated heterocycles. The van der Waals surface area contributed by atoms with Gasteiger partial charge in [0, 0.05) is 51.2 Å². The molecule has 1 N–H and O–H groups in total. The van der Waals surface area contributed by atoms with Gasteiger partial charge in [0.25, 0.3) is 0 Å². The highest BCUT2D eigenvalue weighted by Crippen LogP contribution is 2.33. The Balaban J connectivity index is 1.87. The van der Waals surface area contributed by atoms with E-state index in [1.165, 1.54) is 7.11 Å². The van der Waals surface area contributed by atoms with Gasteiger partial charge >= 0.3 is 5.97 Å². The third-order valence-electron chi connectivity index (χ3n) is 4.34. The van der Waals surface area contributed by atoms with Crippen LogP contribution in [0.15, 0.2) is 67.1 Å². The van der Waals surface area contributed by atoms with Gasteiger partial charge in [-0.25, -0.2) is 4.79 Å². The number of aromatic amines is 1. The van der Waals surface area contributed by atoms with Gasteiger partial charge in [-0.1, -0.05) is 29.8 Å². The summed E-state index contributed by atoms with van der Waals surface area (Å²) in [5.74, 6) is -0.363. The lowest BCUT2D eigenvalue weighted by atomic mass is 9.99. The van der Waals surface area contributed by atoms with Gasteiger partial charge in [-0.3, -0.25) is 4.98 Å². The Morgan fingerprint density at radius 1 is 1.04 bits per heavy atom. The molecule has 5 heteroatoms. The summed E-state index contributed by atoms with van der Waals surface area (Å²) in [7, 11) is 1.39. The maximum atomic E-state index is 12.2. The minimum atomic E-state index is -0.363. The van der Waals surface area contributed by atoms with E-state index in [9.17, 15) is 4.79 Å². The minimum absolute atomic E-state index is 0.363. The molecule has 0 aliphatic heterocycles. The summed E-state index contributed by atoms with van der Waals surface area (Å²) in [4.78, 5) is 19.8. The second-order valence-corrected chi connectivity index (χ2v) is 6.33. The van der Waals surface area contributed by atoms with E-state index in [1.807, 2.05) is 54.9 Å². The van der Waals surface area contributed by atoms with Crippen LogP contribution in [0.4, 0.5) is 0 Å². The molecule has 128 valence electrons. The zero-order chi connectivity index (χ0) is 18.1. The summed E-state index contributed by atoms with van der Waals surface area (Å²) in [5.41, 5.74) is 5.23. The van der Waals surface area contributed by atoms with Crippen molar-refractivity contribution in [2.45, 2.75) is 0 Å². The number of carbonyl (C=O) groups excluding carboxylic acids is 1. The molecule has 0 atom stereocenters. The summed E-state index contributed by atoms with van der Waals surface area (Å²) in [6.07, 6.45) is 5.48. The number of hydrogen-bond acceptors (Lipinski definition) is 3. The Labute approximate surface area is 155 Å². The van der Waals surface area contributed by atoms with Crippen molar-refractivity contribution in [1.82, 2.24) is 9.97 Å². The van der Waals surface area contributed by atoms with Crippen LogP contribution in [0.25, 0.3) is 33.2 Å². The number of methoxy groups -OCH3 is 1. The van der Waals surface area contributed by atoms with Crippen molar-refractivity contribution in [2.75, 3.05) is 7.11 Å². The molecule has 2 aromatic carbocycles. The van der Waals surface area contributed by atoms with Gasteiger partial charge in [-0.05, 0) is 35.9 Å². The zero-order valence-electron chi connectivity index (χ0n) is 14.0. The number of ether oxygens (including phenoxy) is 1. The van der Waals surface area contributed by atoms with Crippen molar-refractivity contribution in [3.63, 3.8) is 0 Å². The normalized spacial score (nSPS) is 10.8. The van der Waals surface area contributed by atoms with Crippen molar-refractivity contribution >= 4 is 28.5 Å². The highest BCUT2D eigenvalue weighted by molar-refractivity contribution is 6.30. The molecular weight excluding hydrogens is 348 g/mol. The Kier molecular flexibility index (Phi) is 4.19. The van der Waals surface area contributed by atoms with Gasteiger partial charge in [0.05, 0.1) is 12.7 Å². The molecule has 2 heterocycles. The Morgan fingerprint density at radius 3 is 2.58 bits per heavy atom. The number of pyridine rings is 1. The van der Waals surface area contributed by atoms with Crippen molar-refractivity contribution < 1.29 is 9.53 Å². The fourth-order valence-corrected chi connectivity index (χ4v) is 3.21. The van der Waals surface area contributed by atoms with E-state index in [4.69, 9.17) is 16.3 Å². The number of nitrogens with one attached hydrogen (secondary N) is 1. The SMILES string of the molecule is COC(=O)c1cccc2[nH]cc(-c3cncc(-c4ccc(Cl)cc4)c3)c12. The lowest BCUT2D eigenvalue weighted by Gasteiger charge is -2.07. The van der Waals surface area contributed by atoms with E-state index < -0.39 is 0 Å². The third-order valence-corrected chi connectivity index (χ3v) is 4.59. The highest BCUT2D eigenvalue weighted by atomic mass is 35.5. The van der Waals surface area contributed by atoms with Crippen LogP contribution in [0.1, 0.15) is 10.4 Å². The molecule has 4 nitrogen and oxygen atoms in total. The monoisotopic (exact) mass is 362 g/mol. The summed E-state index contributed by atoms with van der Waals surface area (Å²) >= 11 is 5.97. The number of carbonyl (C=O) groups is 1. The summed E-state index contributed by atoms with van der Waals surface area (Å²) in [6.45, 7) is 0. The van der Waals surface area contributed by atoms with Crippen LogP contribution in [0.2, 0.25) is 5.02 Å². The number of nitrogens with zero attached hydrogens (tertiary/aromatic N) is 1. The van der Waals surface area contributed by atoms with E-state index in [2.05, 4.69) is 9.97 Å². The number of hydrogen-bond donors (Lipinski definition) is 1. The summed E-state index contributed by atoms with van der Waals surface area (Å²) in [6, 6.07) is 15.2. The minimum Gasteiger partial charge on any atom is -0.465 e. The van der Waals surface area contributed by atoms with Crippen LogP contribution in [0.5, 0.6) is 0 Å². The number of esters is 1. The van der Waals surface area contributed by atoms with Crippen LogP contribution in [0, 0.1) is 0 Å². The topological polar surface area (TPSA) is 55.0 Å². The molecule has 26 heavy (non-hydrogen) atoms. The van der Waals surface area contributed by atoms with Crippen LogP contribution in [-0.4, -0.2) is 23.0 Å². The largest absolute Gasteiger partial charge is 0.465 e. The number of fused-ring (bicyclic) bond motifs is 1. The average molecular weight is 363 g/mol. The first-order chi connectivity index (χ1) is 12.7. The van der Waals surface area contributed by atoms with Crippen molar-refractivity contribution in [2.24, 2.45) is 0 Å². The standard InChI is InChI=1S/C21H15ClN2O2/c1-26-21(25)17-3-2-4-19-20(17)18(12-24-19)15-9-14(10-23-11-15)13-5-7-16(22)8-6-13/h2-12,24H,1H3. The number of aromatic nitrogens is 2. The molecule has 0 amide bonds. The Bertz CT molecular complexity index is 1100. The Morgan fingerprint density at radius 2 is 1.81 bits per heavy atom. The maximum Gasteiger partial charge on any atom is 0.338 e. The maximum absolute atomic E-state index is 12.2. The van der Waals surface area contributed by atoms with Crippen LogP contribution < -0.4 is 0 Å². The second kappa shape index (κ2) is 6.65. The van der Waals surface area contributed by atoms with Gasteiger partial charge in [-0.2, -0.15) is 0 Å². The lowest BCUT2D eigenvalue weighted by molar-refractivity contribution is 0.0603. The molecule has 0 saturated carbocycles. The van der Waals surface area contributed by atoms with Crippen molar-refractivity contribution in [3.8, 4) is 22.3 Å². The number of benzene rings is 2. The average Bonchev–Trinajstić information content (AvgIpc) is 3.12. The summed E-state index contributed by atoms with van der Waals surface area (Å²) in [5, 5.41) is 1.52. The molecule has 0 fully saturated rings. The van der Waals surface area contributed by atoms with Crippen LogP contribution in [0.3, 0.4) is 0 Å². The lowest BCUT2D eigenvalue weighted by Crippen LogP contribution is -2.01. The van der Waals surface area contributed by atoms with Crippen LogP contribution in [-0.2, 0) is 4.74 Å². The van der Waals surface area contributed by atoms with Gasteiger partial charge in [0.15, 0.2) is 0 Å². The van der Waals surface area contributed by atoms with Crippen LogP contribution >= 0.6 is 11.6 Å².